The molecular weight excluding hydrogens is 276 g/mol. The largest absolute Gasteiger partial charge is 0.485 e. The molecule has 1 aliphatic heterocycles. The van der Waals surface area contributed by atoms with Gasteiger partial charge >= 0.3 is 0 Å². The van der Waals surface area contributed by atoms with E-state index >= 15 is 0 Å². The third-order valence-corrected chi connectivity index (χ3v) is 3.74. The van der Waals surface area contributed by atoms with E-state index in [1.54, 1.807) is 0 Å². The maximum Gasteiger partial charge on any atom is 0.190 e. The Kier molecular flexibility index (Phi) is 3.27. The predicted octanol–water partition coefficient (Wildman–Crippen LogP) is 3.44. The van der Waals surface area contributed by atoms with Gasteiger partial charge in [0.15, 0.2) is 23.4 Å². The van der Waals surface area contributed by atoms with Crippen molar-refractivity contribution in [2.75, 3.05) is 6.61 Å². The third kappa shape index (κ3) is 2.44. The van der Waals surface area contributed by atoms with Gasteiger partial charge < -0.3 is 14.0 Å². The SMILES string of the molecule is c1ccc(Cn2ccnc2C2COc3ccccc3O2)cc1. The predicted molar refractivity (Wildman–Crippen MR) is 83.1 cm³/mol. The van der Waals surface area contributed by atoms with E-state index < -0.39 is 0 Å². The highest BCUT2D eigenvalue weighted by Gasteiger charge is 2.25. The highest BCUT2D eigenvalue weighted by molar-refractivity contribution is 5.41. The smallest absolute Gasteiger partial charge is 0.190 e. The van der Waals surface area contributed by atoms with Gasteiger partial charge in [0.2, 0.25) is 0 Å². The van der Waals surface area contributed by atoms with Gasteiger partial charge in [0, 0.05) is 18.9 Å². The maximum absolute atomic E-state index is 6.05. The minimum Gasteiger partial charge on any atom is -0.485 e. The van der Waals surface area contributed by atoms with Gasteiger partial charge in [-0.25, -0.2) is 4.98 Å². The molecule has 4 rings (SSSR count). The van der Waals surface area contributed by atoms with E-state index in [9.17, 15) is 0 Å². The molecule has 0 N–H and O–H groups in total. The first-order valence-corrected chi connectivity index (χ1v) is 7.33. The zero-order valence-electron chi connectivity index (χ0n) is 12.1. The number of fused-ring (bicyclic) bond motifs is 1. The Hall–Kier alpha value is -2.75. The molecule has 0 amide bonds. The number of para-hydroxylation sites is 2. The van der Waals surface area contributed by atoms with Gasteiger partial charge in [0.25, 0.3) is 0 Å². The molecule has 4 nitrogen and oxygen atoms in total. The van der Waals surface area contributed by atoms with Crippen molar-refractivity contribution in [3.05, 3.63) is 78.4 Å². The lowest BCUT2D eigenvalue weighted by Crippen LogP contribution is -2.24. The van der Waals surface area contributed by atoms with Crippen LogP contribution >= 0.6 is 0 Å². The Morgan fingerprint density at radius 1 is 1.00 bits per heavy atom. The van der Waals surface area contributed by atoms with Crippen molar-refractivity contribution in [1.82, 2.24) is 9.55 Å². The number of nitrogens with zero attached hydrogens (tertiary/aromatic N) is 2. The average molecular weight is 292 g/mol. The van der Waals surface area contributed by atoms with E-state index in [0.717, 1.165) is 23.9 Å². The van der Waals surface area contributed by atoms with Gasteiger partial charge in [-0.3, -0.25) is 0 Å². The molecular formula is C18H16N2O2. The van der Waals surface area contributed by atoms with Crippen LogP contribution in [-0.2, 0) is 6.54 Å². The Bertz CT molecular complexity index is 768. The molecule has 0 saturated heterocycles. The van der Waals surface area contributed by atoms with Crippen LogP contribution in [0.3, 0.4) is 0 Å². The van der Waals surface area contributed by atoms with Crippen LogP contribution in [-0.4, -0.2) is 16.2 Å². The number of hydrogen-bond acceptors (Lipinski definition) is 3. The van der Waals surface area contributed by atoms with Crippen molar-refractivity contribution in [2.24, 2.45) is 0 Å². The standard InChI is InChI=1S/C18H16N2O2/c1-2-6-14(7-3-1)12-20-11-10-19-18(20)17-13-21-15-8-4-5-9-16(15)22-17/h1-11,17H,12-13H2. The summed E-state index contributed by atoms with van der Waals surface area (Å²) in [7, 11) is 0. The Morgan fingerprint density at radius 2 is 1.77 bits per heavy atom. The quantitative estimate of drug-likeness (QED) is 0.742. The summed E-state index contributed by atoms with van der Waals surface area (Å²) in [6.07, 6.45) is 3.60. The van der Waals surface area contributed by atoms with Crippen molar-refractivity contribution in [2.45, 2.75) is 12.6 Å². The third-order valence-electron chi connectivity index (χ3n) is 3.74. The van der Waals surface area contributed by atoms with E-state index in [1.165, 1.54) is 5.56 Å². The van der Waals surface area contributed by atoms with E-state index in [-0.39, 0.29) is 6.10 Å². The second kappa shape index (κ2) is 5.56. The normalized spacial score (nSPS) is 16.5. The lowest BCUT2D eigenvalue weighted by atomic mass is 10.2. The summed E-state index contributed by atoms with van der Waals surface area (Å²) in [6.45, 7) is 1.25. The molecule has 0 aliphatic carbocycles. The van der Waals surface area contributed by atoms with Gasteiger partial charge in [0.05, 0.1) is 0 Å². The molecule has 0 spiro atoms. The maximum atomic E-state index is 6.05. The summed E-state index contributed by atoms with van der Waals surface area (Å²) >= 11 is 0. The van der Waals surface area contributed by atoms with Gasteiger partial charge in [-0.1, -0.05) is 42.5 Å². The van der Waals surface area contributed by atoms with Crippen molar-refractivity contribution in [3.8, 4) is 11.5 Å². The molecule has 3 aromatic rings. The van der Waals surface area contributed by atoms with Crippen LogP contribution in [0.4, 0.5) is 0 Å². The fraction of sp³-hybridized carbons (Fsp3) is 0.167. The van der Waals surface area contributed by atoms with Crippen molar-refractivity contribution in [3.63, 3.8) is 0 Å². The molecule has 4 heteroatoms. The lowest BCUT2D eigenvalue weighted by Gasteiger charge is -2.26. The number of hydrogen-bond donors (Lipinski definition) is 0. The van der Waals surface area contributed by atoms with E-state index in [1.807, 2.05) is 54.9 Å². The van der Waals surface area contributed by atoms with Crippen molar-refractivity contribution in [1.29, 1.82) is 0 Å². The van der Waals surface area contributed by atoms with Crippen LogP contribution in [0, 0.1) is 0 Å². The molecule has 2 aromatic carbocycles. The van der Waals surface area contributed by atoms with E-state index in [2.05, 4.69) is 21.7 Å². The minimum absolute atomic E-state index is 0.186. The highest BCUT2D eigenvalue weighted by Crippen LogP contribution is 2.35. The van der Waals surface area contributed by atoms with E-state index in [4.69, 9.17) is 9.47 Å². The molecule has 1 aromatic heterocycles. The van der Waals surface area contributed by atoms with Crippen molar-refractivity contribution < 1.29 is 9.47 Å². The second-order valence-electron chi connectivity index (χ2n) is 5.26. The summed E-state index contributed by atoms with van der Waals surface area (Å²) in [5, 5.41) is 0. The molecule has 0 fully saturated rings. The lowest BCUT2D eigenvalue weighted by molar-refractivity contribution is 0.0827. The number of rotatable bonds is 3. The molecule has 1 atom stereocenters. The van der Waals surface area contributed by atoms with Gasteiger partial charge in [-0.05, 0) is 17.7 Å². The monoisotopic (exact) mass is 292 g/mol. The molecule has 0 bridgehead atoms. The highest BCUT2D eigenvalue weighted by atomic mass is 16.6. The Labute approximate surface area is 129 Å². The number of imidazole rings is 1. The zero-order valence-corrected chi connectivity index (χ0v) is 12.1. The number of aromatic nitrogens is 2. The second-order valence-corrected chi connectivity index (χ2v) is 5.26. The molecule has 22 heavy (non-hydrogen) atoms. The van der Waals surface area contributed by atoms with Gasteiger partial charge in [0.1, 0.15) is 6.61 Å². The summed E-state index contributed by atoms with van der Waals surface area (Å²) in [4.78, 5) is 4.47. The summed E-state index contributed by atoms with van der Waals surface area (Å²) in [5.74, 6) is 2.45. The summed E-state index contributed by atoms with van der Waals surface area (Å²) < 4.78 is 13.9. The Morgan fingerprint density at radius 3 is 2.64 bits per heavy atom. The molecule has 0 radical (unpaired) electrons. The van der Waals surface area contributed by atoms with Crippen molar-refractivity contribution >= 4 is 0 Å². The van der Waals surface area contributed by atoms with Crippen LogP contribution in [0.1, 0.15) is 17.5 Å². The molecule has 110 valence electrons. The molecule has 1 aliphatic rings. The fourth-order valence-electron chi connectivity index (χ4n) is 2.67. The first kappa shape index (κ1) is 13.0. The molecule has 2 heterocycles. The van der Waals surface area contributed by atoms with Crippen LogP contribution in [0.2, 0.25) is 0 Å². The molecule has 1 unspecified atom stereocenters. The average Bonchev–Trinajstić information content (AvgIpc) is 3.03. The first-order valence-electron chi connectivity index (χ1n) is 7.33. The van der Waals surface area contributed by atoms with Crippen LogP contribution < -0.4 is 9.47 Å². The first-order chi connectivity index (χ1) is 10.9. The summed E-state index contributed by atoms with van der Waals surface area (Å²) in [5.41, 5.74) is 1.24. The topological polar surface area (TPSA) is 36.3 Å². The van der Waals surface area contributed by atoms with Crippen LogP contribution in [0.25, 0.3) is 0 Å². The fourth-order valence-corrected chi connectivity index (χ4v) is 2.67. The van der Waals surface area contributed by atoms with Crippen LogP contribution in [0.5, 0.6) is 11.5 Å². The van der Waals surface area contributed by atoms with Crippen LogP contribution in [0.15, 0.2) is 67.0 Å². The van der Waals surface area contributed by atoms with E-state index in [0.29, 0.717) is 6.61 Å². The number of benzene rings is 2. The summed E-state index contributed by atoms with van der Waals surface area (Å²) in [6, 6.07) is 18.1. The number of ether oxygens (including phenoxy) is 2. The van der Waals surface area contributed by atoms with Gasteiger partial charge in [-0.15, -0.1) is 0 Å². The molecule has 0 saturated carbocycles. The zero-order chi connectivity index (χ0) is 14.8. The minimum atomic E-state index is -0.186. The van der Waals surface area contributed by atoms with Gasteiger partial charge in [-0.2, -0.15) is 0 Å². The Balaban J connectivity index is 1.58.